The molecule has 0 saturated heterocycles. The van der Waals surface area contributed by atoms with E-state index < -0.39 is 0 Å². The van der Waals surface area contributed by atoms with Crippen LogP contribution in [0.25, 0.3) is 0 Å². The second-order valence-electron chi connectivity index (χ2n) is 4.11. The van der Waals surface area contributed by atoms with Crippen LogP contribution in [-0.2, 0) is 11.8 Å². The molecule has 0 atom stereocenters. The molecule has 0 fully saturated rings. The average Bonchev–Trinajstić information content (AvgIpc) is 2.63. The van der Waals surface area contributed by atoms with E-state index in [-0.39, 0.29) is 5.41 Å². The molecule has 1 aromatic heterocycles. The number of nitrogens with one attached hydrogen (secondary N) is 1. The monoisotopic (exact) mass is 197 g/mol. The predicted octanol–water partition coefficient (Wildman–Crippen LogP) is 1.52. The Morgan fingerprint density at radius 2 is 2.14 bits per heavy atom. The number of nitrogens with zero attached hydrogens (tertiary/aromatic N) is 2. The maximum Gasteiger partial charge on any atom is 0.232 e. The topological polar surface area (TPSA) is 51.0 Å². The van der Waals surface area contributed by atoms with E-state index in [0.717, 1.165) is 31.1 Å². The van der Waals surface area contributed by atoms with Crippen molar-refractivity contribution in [1.29, 1.82) is 0 Å². The highest BCUT2D eigenvalue weighted by Crippen LogP contribution is 2.24. The van der Waals surface area contributed by atoms with Crippen LogP contribution in [-0.4, -0.2) is 23.7 Å². The Labute approximate surface area is 85.1 Å². The van der Waals surface area contributed by atoms with Crippen molar-refractivity contribution < 1.29 is 4.52 Å². The minimum absolute atomic E-state index is 0.00903. The molecule has 1 N–H and O–H groups in total. The second-order valence-corrected chi connectivity index (χ2v) is 4.11. The maximum atomic E-state index is 5.23. The zero-order valence-corrected chi connectivity index (χ0v) is 9.42. The molecule has 0 saturated carbocycles. The number of hydrogen-bond donors (Lipinski definition) is 1. The maximum absolute atomic E-state index is 5.23. The van der Waals surface area contributed by atoms with Gasteiger partial charge >= 0.3 is 0 Å². The Morgan fingerprint density at radius 3 is 2.71 bits per heavy atom. The van der Waals surface area contributed by atoms with E-state index in [2.05, 4.69) is 36.2 Å². The van der Waals surface area contributed by atoms with E-state index in [1.54, 1.807) is 0 Å². The van der Waals surface area contributed by atoms with Gasteiger partial charge in [-0.25, -0.2) is 0 Å². The molecule has 4 heteroatoms. The van der Waals surface area contributed by atoms with Gasteiger partial charge in [-0.1, -0.05) is 25.9 Å². The average molecular weight is 197 g/mol. The molecule has 0 aliphatic heterocycles. The van der Waals surface area contributed by atoms with E-state index in [1.807, 2.05) is 7.05 Å². The Bertz CT molecular complexity index is 281. The Balaban J connectivity index is 2.67. The van der Waals surface area contributed by atoms with Gasteiger partial charge in [-0.2, -0.15) is 4.98 Å². The van der Waals surface area contributed by atoms with Crippen LogP contribution >= 0.6 is 0 Å². The quantitative estimate of drug-likeness (QED) is 0.777. The normalized spacial score (nSPS) is 12.0. The minimum atomic E-state index is -0.00903. The third-order valence-electron chi connectivity index (χ3n) is 2.53. The molecule has 0 aromatic carbocycles. The highest BCUT2D eigenvalue weighted by molar-refractivity contribution is 5.00. The molecule has 0 spiro atoms. The summed E-state index contributed by atoms with van der Waals surface area (Å²) < 4.78 is 5.23. The first-order valence-electron chi connectivity index (χ1n) is 5.08. The molecule has 0 radical (unpaired) electrons. The fraction of sp³-hybridized carbons (Fsp3) is 0.800. The third-order valence-corrected chi connectivity index (χ3v) is 2.53. The highest BCUT2D eigenvalue weighted by Gasteiger charge is 2.25. The third kappa shape index (κ3) is 2.54. The lowest BCUT2D eigenvalue weighted by Crippen LogP contribution is -2.16. The van der Waals surface area contributed by atoms with E-state index in [0.29, 0.717) is 0 Å². The summed E-state index contributed by atoms with van der Waals surface area (Å²) in [5.41, 5.74) is -0.00903. The Morgan fingerprint density at radius 1 is 1.43 bits per heavy atom. The van der Waals surface area contributed by atoms with E-state index >= 15 is 0 Å². The van der Waals surface area contributed by atoms with Gasteiger partial charge in [0.05, 0.1) is 0 Å². The first kappa shape index (κ1) is 11.2. The zero-order chi connectivity index (χ0) is 10.6. The van der Waals surface area contributed by atoms with Gasteiger partial charge < -0.3 is 9.84 Å². The van der Waals surface area contributed by atoms with Crippen molar-refractivity contribution in [3.8, 4) is 0 Å². The largest absolute Gasteiger partial charge is 0.339 e. The molecule has 0 amide bonds. The summed E-state index contributed by atoms with van der Waals surface area (Å²) >= 11 is 0. The fourth-order valence-electron chi connectivity index (χ4n) is 1.02. The van der Waals surface area contributed by atoms with Crippen LogP contribution in [0.4, 0.5) is 0 Å². The molecule has 0 bridgehead atoms. The van der Waals surface area contributed by atoms with Gasteiger partial charge in [-0.05, 0) is 13.5 Å². The van der Waals surface area contributed by atoms with Gasteiger partial charge in [0, 0.05) is 18.4 Å². The Kier molecular flexibility index (Phi) is 3.63. The lowest BCUT2D eigenvalue weighted by atomic mass is 9.90. The number of rotatable bonds is 5. The van der Waals surface area contributed by atoms with Gasteiger partial charge in [-0.15, -0.1) is 0 Å². The summed E-state index contributed by atoms with van der Waals surface area (Å²) in [6.07, 6.45) is 1.82. The summed E-state index contributed by atoms with van der Waals surface area (Å²) in [4.78, 5) is 4.37. The minimum Gasteiger partial charge on any atom is -0.339 e. The van der Waals surface area contributed by atoms with E-state index in [4.69, 9.17) is 4.52 Å². The summed E-state index contributed by atoms with van der Waals surface area (Å²) in [5, 5.41) is 7.00. The van der Waals surface area contributed by atoms with Crippen LogP contribution in [0.2, 0.25) is 0 Å². The smallest absolute Gasteiger partial charge is 0.232 e. The Hall–Kier alpha value is -0.900. The van der Waals surface area contributed by atoms with Crippen molar-refractivity contribution in [2.45, 2.75) is 39.0 Å². The SMILES string of the molecule is CCC(C)(C)c1nc(CCNC)no1. The molecule has 80 valence electrons. The molecule has 4 nitrogen and oxygen atoms in total. The summed E-state index contributed by atoms with van der Waals surface area (Å²) in [6.45, 7) is 7.23. The number of aromatic nitrogens is 2. The first-order valence-corrected chi connectivity index (χ1v) is 5.08. The molecular formula is C10H19N3O. The molecule has 0 aliphatic rings. The summed E-state index contributed by atoms with van der Waals surface area (Å²) in [5.74, 6) is 1.53. The molecule has 0 unspecified atom stereocenters. The van der Waals surface area contributed by atoms with Crippen molar-refractivity contribution in [2.24, 2.45) is 0 Å². The van der Waals surface area contributed by atoms with Crippen LogP contribution < -0.4 is 5.32 Å². The van der Waals surface area contributed by atoms with Crippen molar-refractivity contribution >= 4 is 0 Å². The van der Waals surface area contributed by atoms with Gasteiger partial charge in [0.1, 0.15) is 0 Å². The first-order chi connectivity index (χ1) is 6.60. The highest BCUT2D eigenvalue weighted by atomic mass is 16.5. The van der Waals surface area contributed by atoms with Crippen LogP contribution in [0.15, 0.2) is 4.52 Å². The van der Waals surface area contributed by atoms with Crippen LogP contribution in [0.1, 0.15) is 38.9 Å². The predicted molar refractivity (Wildman–Crippen MR) is 55.2 cm³/mol. The van der Waals surface area contributed by atoms with Crippen LogP contribution in [0.5, 0.6) is 0 Å². The zero-order valence-electron chi connectivity index (χ0n) is 9.42. The molecule has 1 heterocycles. The standard InChI is InChI=1S/C10H19N3O/c1-5-10(2,3)9-12-8(13-14-9)6-7-11-4/h11H,5-7H2,1-4H3. The van der Waals surface area contributed by atoms with Crippen molar-refractivity contribution in [2.75, 3.05) is 13.6 Å². The van der Waals surface area contributed by atoms with Gasteiger partial charge in [0.25, 0.3) is 0 Å². The van der Waals surface area contributed by atoms with Crippen LogP contribution in [0.3, 0.4) is 0 Å². The van der Waals surface area contributed by atoms with Crippen molar-refractivity contribution in [1.82, 2.24) is 15.5 Å². The number of likely N-dealkylation sites (N-methyl/N-ethyl adjacent to an activating group) is 1. The molecular weight excluding hydrogens is 178 g/mol. The fourth-order valence-corrected chi connectivity index (χ4v) is 1.02. The van der Waals surface area contributed by atoms with Crippen LogP contribution in [0, 0.1) is 0 Å². The second kappa shape index (κ2) is 4.55. The van der Waals surface area contributed by atoms with E-state index in [1.165, 1.54) is 0 Å². The van der Waals surface area contributed by atoms with Gasteiger partial charge in [0.15, 0.2) is 5.82 Å². The van der Waals surface area contributed by atoms with E-state index in [9.17, 15) is 0 Å². The molecule has 1 aromatic rings. The van der Waals surface area contributed by atoms with Crippen molar-refractivity contribution in [3.05, 3.63) is 11.7 Å². The molecule has 1 rings (SSSR count). The lowest BCUT2D eigenvalue weighted by Gasteiger charge is -2.15. The molecule has 14 heavy (non-hydrogen) atoms. The van der Waals surface area contributed by atoms with Gasteiger partial charge in [-0.3, -0.25) is 0 Å². The van der Waals surface area contributed by atoms with Crippen molar-refractivity contribution in [3.63, 3.8) is 0 Å². The lowest BCUT2D eigenvalue weighted by molar-refractivity contribution is 0.300. The summed E-state index contributed by atoms with van der Waals surface area (Å²) in [7, 11) is 1.91. The van der Waals surface area contributed by atoms with Gasteiger partial charge in [0.2, 0.25) is 5.89 Å². The molecule has 0 aliphatic carbocycles. The summed E-state index contributed by atoms with van der Waals surface area (Å²) in [6, 6.07) is 0. The number of hydrogen-bond acceptors (Lipinski definition) is 4.